The molecule has 1 N–H and O–H groups in total. The SMILES string of the molecule is CCCNC(COCCC)c1ccnc(C)c1. The maximum atomic E-state index is 5.65. The van der Waals surface area contributed by atoms with Crippen molar-refractivity contribution in [2.45, 2.75) is 39.7 Å². The second kappa shape index (κ2) is 8.20. The maximum absolute atomic E-state index is 5.65. The van der Waals surface area contributed by atoms with E-state index in [-0.39, 0.29) is 6.04 Å². The predicted molar refractivity (Wildman–Crippen MR) is 71.1 cm³/mol. The Morgan fingerprint density at radius 3 is 2.82 bits per heavy atom. The van der Waals surface area contributed by atoms with Crippen LogP contribution in [0.4, 0.5) is 0 Å². The molecule has 1 aromatic rings. The number of pyridine rings is 1. The topological polar surface area (TPSA) is 34.1 Å². The summed E-state index contributed by atoms with van der Waals surface area (Å²) in [6, 6.07) is 4.47. The third-order valence-corrected chi connectivity index (χ3v) is 2.60. The van der Waals surface area contributed by atoms with Crippen LogP contribution in [0.25, 0.3) is 0 Å². The van der Waals surface area contributed by atoms with Crippen molar-refractivity contribution in [3.05, 3.63) is 29.6 Å². The first-order valence-electron chi connectivity index (χ1n) is 6.51. The molecule has 0 bridgehead atoms. The zero-order chi connectivity index (χ0) is 12.5. The third-order valence-electron chi connectivity index (χ3n) is 2.60. The molecule has 96 valence electrons. The van der Waals surface area contributed by atoms with E-state index in [2.05, 4.69) is 36.3 Å². The zero-order valence-electron chi connectivity index (χ0n) is 11.2. The van der Waals surface area contributed by atoms with Gasteiger partial charge in [-0.15, -0.1) is 0 Å². The summed E-state index contributed by atoms with van der Waals surface area (Å²) in [5.41, 5.74) is 2.32. The Morgan fingerprint density at radius 1 is 1.35 bits per heavy atom. The monoisotopic (exact) mass is 236 g/mol. The van der Waals surface area contributed by atoms with E-state index < -0.39 is 0 Å². The quantitative estimate of drug-likeness (QED) is 0.705. The molecule has 1 atom stereocenters. The van der Waals surface area contributed by atoms with Crippen molar-refractivity contribution in [1.29, 1.82) is 0 Å². The van der Waals surface area contributed by atoms with Crippen molar-refractivity contribution in [2.75, 3.05) is 19.8 Å². The summed E-state index contributed by atoms with van der Waals surface area (Å²) >= 11 is 0. The summed E-state index contributed by atoms with van der Waals surface area (Å²) in [6.45, 7) is 8.90. The first-order valence-corrected chi connectivity index (χ1v) is 6.51. The van der Waals surface area contributed by atoms with Crippen molar-refractivity contribution < 1.29 is 4.74 Å². The Morgan fingerprint density at radius 2 is 2.18 bits per heavy atom. The van der Waals surface area contributed by atoms with Crippen molar-refractivity contribution in [2.24, 2.45) is 0 Å². The molecule has 1 unspecified atom stereocenters. The van der Waals surface area contributed by atoms with Gasteiger partial charge in [-0.3, -0.25) is 4.98 Å². The molecule has 0 fully saturated rings. The highest BCUT2D eigenvalue weighted by molar-refractivity contribution is 5.19. The standard InChI is InChI=1S/C14H24N2O/c1-4-7-16-14(11-17-9-5-2)13-6-8-15-12(3)10-13/h6,8,10,14,16H,4-5,7,9,11H2,1-3H3. The lowest BCUT2D eigenvalue weighted by Crippen LogP contribution is -2.26. The van der Waals surface area contributed by atoms with Gasteiger partial charge in [-0.05, 0) is 44.0 Å². The summed E-state index contributed by atoms with van der Waals surface area (Å²) in [7, 11) is 0. The van der Waals surface area contributed by atoms with Crippen LogP contribution in [0.2, 0.25) is 0 Å². The second-order valence-electron chi connectivity index (χ2n) is 4.31. The molecule has 0 radical (unpaired) electrons. The minimum Gasteiger partial charge on any atom is -0.379 e. The number of hydrogen-bond acceptors (Lipinski definition) is 3. The highest BCUT2D eigenvalue weighted by atomic mass is 16.5. The van der Waals surface area contributed by atoms with E-state index >= 15 is 0 Å². The van der Waals surface area contributed by atoms with Crippen molar-refractivity contribution in [1.82, 2.24) is 10.3 Å². The fourth-order valence-electron chi connectivity index (χ4n) is 1.72. The van der Waals surface area contributed by atoms with Crippen molar-refractivity contribution >= 4 is 0 Å². The number of hydrogen-bond donors (Lipinski definition) is 1. The van der Waals surface area contributed by atoms with E-state index in [1.165, 1.54) is 5.56 Å². The molecule has 1 rings (SSSR count). The second-order valence-corrected chi connectivity index (χ2v) is 4.31. The molecule has 1 heterocycles. The van der Waals surface area contributed by atoms with Crippen LogP contribution in [-0.4, -0.2) is 24.7 Å². The Balaban J connectivity index is 2.60. The molecule has 1 aromatic heterocycles. The summed E-state index contributed by atoms with van der Waals surface area (Å²) in [4.78, 5) is 4.23. The highest BCUT2D eigenvalue weighted by Gasteiger charge is 2.10. The van der Waals surface area contributed by atoms with E-state index in [9.17, 15) is 0 Å². The number of aromatic nitrogens is 1. The van der Waals surface area contributed by atoms with Gasteiger partial charge >= 0.3 is 0 Å². The number of nitrogens with one attached hydrogen (secondary N) is 1. The van der Waals surface area contributed by atoms with E-state index in [1.807, 2.05) is 13.1 Å². The fraction of sp³-hybridized carbons (Fsp3) is 0.643. The van der Waals surface area contributed by atoms with Crippen LogP contribution in [0.1, 0.15) is 44.0 Å². The largest absolute Gasteiger partial charge is 0.379 e. The van der Waals surface area contributed by atoms with Crippen LogP contribution in [0.5, 0.6) is 0 Å². The fourth-order valence-corrected chi connectivity index (χ4v) is 1.72. The van der Waals surface area contributed by atoms with Gasteiger partial charge in [0, 0.05) is 18.5 Å². The summed E-state index contributed by atoms with van der Waals surface area (Å²) in [5, 5.41) is 3.52. The smallest absolute Gasteiger partial charge is 0.0661 e. The normalized spacial score (nSPS) is 12.6. The lowest BCUT2D eigenvalue weighted by molar-refractivity contribution is 0.112. The number of ether oxygens (including phenoxy) is 1. The Labute approximate surface area is 105 Å². The van der Waals surface area contributed by atoms with Crippen LogP contribution in [-0.2, 0) is 4.74 Å². The predicted octanol–water partition coefficient (Wildman–Crippen LogP) is 2.86. The summed E-state index contributed by atoms with van der Waals surface area (Å²) in [6.07, 6.45) is 4.06. The molecular weight excluding hydrogens is 212 g/mol. The third kappa shape index (κ3) is 5.29. The highest BCUT2D eigenvalue weighted by Crippen LogP contribution is 2.13. The number of nitrogens with zero attached hydrogens (tertiary/aromatic N) is 1. The Bertz CT molecular complexity index is 315. The van der Waals surface area contributed by atoms with Gasteiger partial charge in [0.2, 0.25) is 0 Å². The molecule has 0 aliphatic heterocycles. The van der Waals surface area contributed by atoms with E-state index in [1.54, 1.807) is 0 Å². The number of rotatable bonds is 8. The number of aryl methyl sites for hydroxylation is 1. The first kappa shape index (κ1) is 14.1. The van der Waals surface area contributed by atoms with Crippen LogP contribution in [0, 0.1) is 6.92 Å². The molecule has 0 saturated carbocycles. The van der Waals surface area contributed by atoms with E-state index in [0.717, 1.165) is 38.3 Å². The lowest BCUT2D eigenvalue weighted by atomic mass is 10.1. The van der Waals surface area contributed by atoms with Crippen LogP contribution < -0.4 is 5.32 Å². The molecule has 0 saturated heterocycles. The van der Waals surface area contributed by atoms with Gasteiger partial charge in [-0.1, -0.05) is 13.8 Å². The molecule has 0 spiro atoms. The maximum Gasteiger partial charge on any atom is 0.0661 e. The Hall–Kier alpha value is -0.930. The van der Waals surface area contributed by atoms with Gasteiger partial charge in [0.15, 0.2) is 0 Å². The van der Waals surface area contributed by atoms with Gasteiger partial charge in [0.1, 0.15) is 0 Å². The molecule has 3 nitrogen and oxygen atoms in total. The van der Waals surface area contributed by atoms with Gasteiger partial charge in [0.05, 0.1) is 12.6 Å². The van der Waals surface area contributed by atoms with Crippen LogP contribution in [0.3, 0.4) is 0 Å². The first-order chi connectivity index (χ1) is 8.27. The molecular formula is C14H24N2O. The van der Waals surface area contributed by atoms with Crippen LogP contribution >= 0.6 is 0 Å². The van der Waals surface area contributed by atoms with Gasteiger partial charge in [0.25, 0.3) is 0 Å². The minimum atomic E-state index is 0.281. The van der Waals surface area contributed by atoms with Crippen molar-refractivity contribution in [3.63, 3.8) is 0 Å². The van der Waals surface area contributed by atoms with Gasteiger partial charge in [-0.2, -0.15) is 0 Å². The van der Waals surface area contributed by atoms with Crippen LogP contribution in [0.15, 0.2) is 18.3 Å². The zero-order valence-corrected chi connectivity index (χ0v) is 11.2. The average molecular weight is 236 g/mol. The van der Waals surface area contributed by atoms with Gasteiger partial charge < -0.3 is 10.1 Å². The summed E-state index contributed by atoms with van der Waals surface area (Å²) < 4.78 is 5.65. The molecule has 0 aliphatic carbocycles. The molecule has 0 aliphatic rings. The van der Waals surface area contributed by atoms with E-state index in [4.69, 9.17) is 4.74 Å². The van der Waals surface area contributed by atoms with Gasteiger partial charge in [-0.25, -0.2) is 0 Å². The summed E-state index contributed by atoms with van der Waals surface area (Å²) in [5.74, 6) is 0. The average Bonchev–Trinajstić information content (AvgIpc) is 2.33. The van der Waals surface area contributed by atoms with Crippen molar-refractivity contribution in [3.8, 4) is 0 Å². The molecule has 3 heteroatoms. The molecule has 0 amide bonds. The Kier molecular flexibility index (Phi) is 6.82. The lowest BCUT2D eigenvalue weighted by Gasteiger charge is -2.19. The molecule has 17 heavy (non-hydrogen) atoms. The minimum absolute atomic E-state index is 0.281. The van der Waals surface area contributed by atoms with E-state index in [0.29, 0.717) is 0 Å². The molecule has 0 aromatic carbocycles.